The van der Waals surface area contributed by atoms with Crippen LogP contribution in [0.2, 0.25) is 10.0 Å². The van der Waals surface area contributed by atoms with Crippen molar-refractivity contribution in [2.24, 2.45) is 0 Å². The Morgan fingerprint density at radius 1 is 0.906 bits per heavy atom. The second kappa shape index (κ2) is 9.47. The molecule has 0 fully saturated rings. The van der Waals surface area contributed by atoms with Crippen LogP contribution in [-0.4, -0.2) is 11.2 Å². The number of aryl methyl sites for hydroxylation is 1. The molecule has 1 heterocycles. The summed E-state index contributed by atoms with van der Waals surface area (Å²) in [7, 11) is 0. The molecule has 162 valence electrons. The van der Waals surface area contributed by atoms with Crippen molar-refractivity contribution in [3.63, 3.8) is 0 Å². The molecular formula is C25H20Cl2N2O3. The van der Waals surface area contributed by atoms with E-state index in [1.165, 1.54) is 0 Å². The smallest absolute Gasteiger partial charge is 0.412 e. The number of ether oxygens (including phenoxy) is 1. The largest absolute Gasteiger partial charge is 0.441 e. The summed E-state index contributed by atoms with van der Waals surface area (Å²) in [6, 6.07) is 23.0. The number of rotatable bonds is 5. The molecule has 4 rings (SSSR count). The first kappa shape index (κ1) is 21.9. The minimum absolute atomic E-state index is 0.429. The average Bonchev–Trinajstić information content (AvgIpc) is 3.14. The lowest BCUT2D eigenvalue weighted by atomic mass is 10.0. The van der Waals surface area contributed by atoms with E-state index in [0.29, 0.717) is 32.8 Å². The number of nitrogens with zero attached hydrogens (tertiary/aromatic N) is 1. The van der Waals surface area contributed by atoms with E-state index in [0.717, 1.165) is 16.7 Å². The Morgan fingerprint density at radius 2 is 1.50 bits per heavy atom. The van der Waals surface area contributed by atoms with Gasteiger partial charge in [0, 0.05) is 21.2 Å². The Kier molecular flexibility index (Phi) is 6.49. The van der Waals surface area contributed by atoms with Gasteiger partial charge in [0.1, 0.15) is 17.5 Å². The molecule has 5 nitrogen and oxygen atoms in total. The Bertz CT molecular complexity index is 1220. The highest BCUT2D eigenvalue weighted by Crippen LogP contribution is 2.34. The first-order valence-corrected chi connectivity index (χ1v) is 10.7. The molecule has 1 aromatic heterocycles. The third kappa shape index (κ3) is 4.64. The van der Waals surface area contributed by atoms with Gasteiger partial charge in [0.15, 0.2) is 5.76 Å². The van der Waals surface area contributed by atoms with Crippen LogP contribution in [0.15, 0.2) is 77.3 Å². The molecule has 0 saturated carbocycles. The van der Waals surface area contributed by atoms with Gasteiger partial charge in [0.25, 0.3) is 0 Å². The summed E-state index contributed by atoms with van der Waals surface area (Å²) in [5.41, 5.74) is 4.49. The van der Waals surface area contributed by atoms with Crippen LogP contribution in [0.1, 0.15) is 24.3 Å². The Hall–Kier alpha value is -3.28. The third-order valence-corrected chi connectivity index (χ3v) is 5.69. The molecule has 0 aliphatic carbocycles. The second-order valence-electron chi connectivity index (χ2n) is 7.22. The van der Waals surface area contributed by atoms with Gasteiger partial charge in [-0.05, 0) is 37.1 Å². The van der Waals surface area contributed by atoms with Crippen molar-refractivity contribution in [3.8, 4) is 22.5 Å². The maximum Gasteiger partial charge on any atom is 0.412 e. The monoisotopic (exact) mass is 466 g/mol. The Balaban J connectivity index is 1.52. The normalized spacial score (nSPS) is 11.8. The zero-order chi connectivity index (χ0) is 22.7. The van der Waals surface area contributed by atoms with Crippen molar-refractivity contribution in [3.05, 3.63) is 94.1 Å². The number of hydrogen-bond acceptors (Lipinski definition) is 4. The standard InChI is InChI=1S/C25H20Cl2N2O3/c1-15-23(28-25(30)31-16(2)22-20(26)9-6-10-21(22)27)24(32-29-15)19-13-11-18(12-14-19)17-7-4-3-5-8-17/h3-14,16H,1-2H3,(H,28,30). The number of carbonyl (C=O) groups is 1. The number of benzene rings is 3. The Labute approximate surface area is 195 Å². The molecule has 1 N–H and O–H groups in total. The highest BCUT2D eigenvalue weighted by atomic mass is 35.5. The summed E-state index contributed by atoms with van der Waals surface area (Å²) in [5, 5.41) is 7.60. The molecule has 4 aromatic rings. The number of anilines is 1. The first-order valence-electron chi connectivity index (χ1n) is 9.97. The van der Waals surface area contributed by atoms with Gasteiger partial charge in [0.2, 0.25) is 0 Å². The molecule has 3 aromatic carbocycles. The van der Waals surface area contributed by atoms with Crippen LogP contribution in [0.5, 0.6) is 0 Å². The van der Waals surface area contributed by atoms with E-state index in [9.17, 15) is 4.79 Å². The van der Waals surface area contributed by atoms with Gasteiger partial charge in [-0.2, -0.15) is 0 Å². The van der Waals surface area contributed by atoms with Crippen LogP contribution in [0.3, 0.4) is 0 Å². The zero-order valence-electron chi connectivity index (χ0n) is 17.4. The quantitative estimate of drug-likeness (QED) is 0.324. The lowest BCUT2D eigenvalue weighted by Crippen LogP contribution is -2.17. The summed E-state index contributed by atoms with van der Waals surface area (Å²) in [5.74, 6) is 0.447. The highest BCUT2D eigenvalue weighted by molar-refractivity contribution is 6.36. The number of carbonyl (C=O) groups excluding carboxylic acids is 1. The van der Waals surface area contributed by atoms with Crippen LogP contribution in [-0.2, 0) is 4.74 Å². The first-order chi connectivity index (χ1) is 15.4. The van der Waals surface area contributed by atoms with Crippen LogP contribution in [0, 0.1) is 6.92 Å². The van der Waals surface area contributed by atoms with Crippen LogP contribution < -0.4 is 5.32 Å². The molecule has 0 bridgehead atoms. The van der Waals surface area contributed by atoms with Crippen molar-refractivity contribution in [2.75, 3.05) is 5.32 Å². The van der Waals surface area contributed by atoms with Gasteiger partial charge in [-0.25, -0.2) is 4.79 Å². The predicted octanol–water partition coefficient (Wildman–Crippen LogP) is 7.93. The fourth-order valence-electron chi connectivity index (χ4n) is 3.41. The predicted molar refractivity (Wildman–Crippen MR) is 127 cm³/mol. The van der Waals surface area contributed by atoms with E-state index in [4.69, 9.17) is 32.5 Å². The summed E-state index contributed by atoms with van der Waals surface area (Å²) in [6.07, 6.45) is -1.31. The topological polar surface area (TPSA) is 64.4 Å². The van der Waals surface area contributed by atoms with E-state index in [2.05, 4.69) is 10.5 Å². The Morgan fingerprint density at radius 3 is 2.16 bits per heavy atom. The van der Waals surface area contributed by atoms with Crippen LogP contribution in [0.4, 0.5) is 10.5 Å². The number of halogens is 2. The fourth-order valence-corrected chi connectivity index (χ4v) is 4.11. The summed E-state index contributed by atoms with van der Waals surface area (Å²) < 4.78 is 11.0. The molecule has 0 radical (unpaired) electrons. The maximum absolute atomic E-state index is 12.6. The SMILES string of the molecule is Cc1noc(-c2ccc(-c3ccccc3)cc2)c1NC(=O)OC(C)c1c(Cl)cccc1Cl. The lowest BCUT2D eigenvalue weighted by Gasteiger charge is -2.16. The molecule has 1 amide bonds. The molecular weight excluding hydrogens is 447 g/mol. The van der Waals surface area contributed by atoms with E-state index in [1.54, 1.807) is 32.0 Å². The van der Waals surface area contributed by atoms with Gasteiger partial charge in [-0.3, -0.25) is 5.32 Å². The van der Waals surface area contributed by atoms with Crippen molar-refractivity contribution >= 4 is 35.0 Å². The number of hydrogen-bond donors (Lipinski definition) is 1. The molecule has 0 aliphatic heterocycles. The maximum atomic E-state index is 12.6. The van der Waals surface area contributed by atoms with E-state index >= 15 is 0 Å². The summed E-state index contributed by atoms with van der Waals surface area (Å²) in [4.78, 5) is 12.6. The minimum Gasteiger partial charge on any atom is -0.441 e. The van der Waals surface area contributed by atoms with E-state index < -0.39 is 12.2 Å². The fraction of sp³-hybridized carbons (Fsp3) is 0.120. The van der Waals surface area contributed by atoms with Crippen LogP contribution >= 0.6 is 23.2 Å². The number of amides is 1. The summed E-state index contributed by atoms with van der Waals surface area (Å²) >= 11 is 12.4. The molecule has 7 heteroatoms. The number of nitrogens with one attached hydrogen (secondary N) is 1. The van der Waals surface area contributed by atoms with Gasteiger partial charge in [-0.15, -0.1) is 0 Å². The molecule has 1 unspecified atom stereocenters. The van der Waals surface area contributed by atoms with E-state index in [1.807, 2.05) is 54.6 Å². The second-order valence-corrected chi connectivity index (χ2v) is 8.04. The van der Waals surface area contributed by atoms with Gasteiger partial charge >= 0.3 is 6.09 Å². The zero-order valence-corrected chi connectivity index (χ0v) is 18.9. The summed E-state index contributed by atoms with van der Waals surface area (Å²) in [6.45, 7) is 3.45. The molecule has 0 aliphatic rings. The molecule has 0 saturated heterocycles. The lowest BCUT2D eigenvalue weighted by molar-refractivity contribution is 0.121. The van der Waals surface area contributed by atoms with Gasteiger partial charge < -0.3 is 9.26 Å². The van der Waals surface area contributed by atoms with E-state index in [-0.39, 0.29) is 0 Å². The number of aromatic nitrogens is 1. The van der Waals surface area contributed by atoms with Crippen molar-refractivity contribution in [1.82, 2.24) is 5.16 Å². The van der Waals surface area contributed by atoms with Crippen LogP contribution in [0.25, 0.3) is 22.5 Å². The van der Waals surface area contributed by atoms with Crippen molar-refractivity contribution in [1.29, 1.82) is 0 Å². The third-order valence-electron chi connectivity index (χ3n) is 5.03. The van der Waals surface area contributed by atoms with Crippen molar-refractivity contribution in [2.45, 2.75) is 20.0 Å². The minimum atomic E-state index is -0.665. The van der Waals surface area contributed by atoms with Gasteiger partial charge in [-0.1, -0.05) is 89.0 Å². The van der Waals surface area contributed by atoms with Gasteiger partial charge in [0.05, 0.1) is 0 Å². The van der Waals surface area contributed by atoms with Crippen molar-refractivity contribution < 1.29 is 14.1 Å². The molecule has 1 atom stereocenters. The molecule has 32 heavy (non-hydrogen) atoms. The average molecular weight is 467 g/mol. The molecule has 0 spiro atoms. The highest BCUT2D eigenvalue weighted by Gasteiger charge is 2.22.